The van der Waals surface area contributed by atoms with E-state index in [4.69, 9.17) is 11.6 Å². The molecule has 0 saturated carbocycles. The summed E-state index contributed by atoms with van der Waals surface area (Å²) in [6.45, 7) is 6.96. The minimum Gasteiger partial charge on any atom is -0.295 e. The molecule has 0 fully saturated rings. The lowest BCUT2D eigenvalue weighted by atomic mass is 9.98. The second-order valence-corrected chi connectivity index (χ2v) is 7.65. The van der Waals surface area contributed by atoms with Crippen LogP contribution in [0.5, 0.6) is 0 Å². The van der Waals surface area contributed by atoms with Gasteiger partial charge in [-0.15, -0.1) is 0 Å². The standard InChI is InChI=1S/C18H18ClNO3S/c1-12-4-10-17(11-5-12)24(22,23)20-18(13(2)14(3)21)15-6-8-16(19)9-7-15/h4-11,18,20H,2H2,1,3H3/t18-/m1/s1. The van der Waals surface area contributed by atoms with E-state index in [2.05, 4.69) is 11.3 Å². The topological polar surface area (TPSA) is 63.2 Å². The van der Waals surface area contributed by atoms with Crippen molar-refractivity contribution in [2.45, 2.75) is 24.8 Å². The van der Waals surface area contributed by atoms with E-state index < -0.39 is 16.1 Å². The van der Waals surface area contributed by atoms with Crippen LogP contribution in [0.2, 0.25) is 5.02 Å². The molecule has 1 N–H and O–H groups in total. The second kappa shape index (κ2) is 7.30. The van der Waals surface area contributed by atoms with E-state index in [9.17, 15) is 13.2 Å². The van der Waals surface area contributed by atoms with Crippen LogP contribution in [0.15, 0.2) is 65.6 Å². The molecule has 126 valence electrons. The van der Waals surface area contributed by atoms with Crippen LogP contribution in [0.4, 0.5) is 0 Å². The van der Waals surface area contributed by atoms with Gasteiger partial charge < -0.3 is 0 Å². The van der Waals surface area contributed by atoms with E-state index in [0.717, 1.165) is 5.56 Å². The number of hydrogen-bond donors (Lipinski definition) is 1. The Kier molecular flexibility index (Phi) is 5.59. The van der Waals surface area contributed by atoms with Gasteiger partial charge in [0.15, 0.2) is 5.78 Å². The molecule has 0 amide bonds. The van der Waals surface area contributed by atoms with E-state index in [0.29, 0.717) is 10.6 Å². The molecule has 0 spiro atoms. The fourth-order valence-electron chi connectivity index (χ4n) is 2.14. The van der Waals surface area contributed by atoms with Crippen molar-refractivity contribution >= 4 is 27.4 Å². The zero-order chi connectivity index (χ0) is 17.9. The lowest BCUT2D eigenvalue weighted by molar-refractivity contribution is -0.113. The SMILES string of the molecule is C=C(C(C)=O)[C@@H](NS(=O)(=O)c1ccc(C)cc1)c1ccc(Cl)cc1. The Labute approximate surface area is 147 Å². The molecule has 2 rings (SSSR count). The Morgan fingerprint density at radius 3 is 2.12 bits per heavy atom. The number of nitrogens with one attached hydrogen (secondary N) is 1. The molecule has 0 heterocycles. The summed E-state index contributed by atoms with van der Waals surface area (Å²) in [7, 11) is -3.81. The van der Waals surface area contributed by atoms with Gasteiger partial charge in [-0.2, -0.15) is 4.72 Å². The molecule has 0 aromatic heterocycles. The van der Waals surface area contributed by atoms with Crippen molar-refractivity contribution in [3.63, 3.8) is 0 Å². The molecule has 6 heteroatoms. The largest absolute Gasteiger partial charge is 0.295 e. The molecule has 0 unspecified atom stereocenters. The summed E-state index contributed by atoms with van der Waals surface area (Å²) in [6.07, 6.45) is 0. The molecule has 0 bridgehead atoms. The average molecular weight is 364 g/mol. The van der Waals surface area contributed by atoms with E-state index in [-0.39, 0.29) is 16.3 Å². The number of sulfonamides is 1. The van der Waals surface area contributed by atoms with Gasteiger partial charge in [-0.3, -0.25) is 4.79 Å². The third kappa shape index (κ3) is 4.32. The van der Waals surface area contributed by atoms with Crippen molar-refractivity contribution < 1.29 is 13.2 Å². The van der Waals surface area contributed by atoms with E-state index in [1.54, 1.807) is 36.4 Å². The van der Waals surface area contributed by atoms with Crippen molar-refractivity contribution in [3.8, 4) is 0 Å². The molecule has 0 radical (unpaired) electrons. The van der Waals surface area contributed by atoms with Gasteiger partial charge in [0.05, 0.1) is 10.9 Å². The quantitative estimate of drug-likeness (QED) is 0.793. The van der Waals surface area contributed by atoms with Crippen molar-refractivity contribution in [1.82, 2.24) is 4.72 Å². The summed E-state index contributed by atoms with van der Waals surface area (Å²) < 4.78 is 27.8. The van der Waals surface area contributed by atoms with Crippen molar-refractivity contribution in [1.29, 1.82) is 0 Å². The van der Waals surface area contributed by atoms with Crippen LogP contribution in [-0.2, 0) is 14.8 Å². The first kappa shape index (κ1) is 18.4. The Morgan fingerprint density at radius 2 is 1.62 bits per heavy atom. The van der Waals surface area contributed by atoms with Crippen LogP contribution < -0.4 is 4.72 Å². The molecule has 2 aromatic carbocycles. The fraction of sp³-hybridized carbons (Fsp3) is 0.167. The number of halogens is 1. The smallest absolute Gasteiger partial charge is 0.241 e. The summed E-state index contributed by atoms with van der Waals surface area (Å²) >= 11 is 5.87. The monoisotopic (exact) mass is 363 g/mol. The number of hydrogen-bond acceptors (Lipinski definition) is 3. The maximum atomic E-state index is 12.6. The molecular weight excluding hydrogens is 346 g/mol. The number of carbonyl (C=O) groups is 1. The predicted molar refractivity (Wildman–Crippen MR) is 95.5 cm³/mol. The molecule has 24 heavy (non-hydrogen) atoms. The van der Waals surface area contributed by atoms with Gasteiger partial charge in [0.25, 0.3) is 0 Å². The lowest BCUT2D eigenvalue weighted by Crippen LogP contribution is -2.31. The summed E-state index contributed by atoms with van der Waals surface area (Å²) in [5.41, 5.74) is 1.71. The number of aryl methyl sites for hydroxylation is 1. The maximum absolute atomic E-state index is 12.6. The van der Waals surface area contributed by atoms with Gasteiger partial charge in [-0.1, -0.05) is 48.0 Å². The van der Waals surface area contributed by atoms with Crippen LogP contribution in [0.3, 0.4) is 0 Å². The number of rotatable bonds is 6. The molecule has 0 aliphatic heterocycles. The predicted octanol–water partition coefficient (Wildman–Crippen LogP) is 3.81. The van der Waals surface area contributed by atoms with Crippen LogP contribution in [-0.4, -0.2) is 14.2 Å². The highest BCUT2D eigenvalue weighted by Gasteiger charge is 2.25. The number of Topliss-reactive ketones (excluding diaryl/α,β-unsaturated/α-hetero) is 1. The zero-order valence-electron chi connectivity index (χ0n) is 13.4. The van der Waals surface area contributed by atoms with Crippen LogP contribution in [0, 0.1) is 6.92 Å². The third-order valence-electron chi connectivity index (χ3n) is 3.61. The highest BCUT2D eigenvalue weighted by molar-refractivity contribution is 7.89. The molecule has 4 nitrogen and oxygen atoms in total. The molecule has 1 atom stereocenters. The molecule has 0 aliphatic rings. The van der Waals surface area contributed by atoms with Gasteiger partial charge >= 0.3 is 0 Å². The van der Waals surface area contributed by atoms with Crippen LogP contribution in [0.25, 0.3) is 0 Å². The zero-order valence-corrected chi connectivity index (χ0v) is 15.0. The molecule has 2 aromatic rings. The van der Waals surface area contributed by atoms with Crippen LogP contribution in [0.1, 0.15) is 24.1 Å². The van der Waals surface area contributed by atoms with Gasteiger partial charge in [0, 0.05) is 10.6 Å². The first-order valence-corrected chi connectivity index (χ1v) is 9.11. The molecule has 0 aliphatic carbocycles. The highest BCUT2D eigenvalue weighted by Crippen LogP contribution is 2.25. The first-order valence-electron chi connectivity index (χ1n) is 7.25. The number of carbonyl (C=O) groups excluding carboxylic acids is 1. The molecule has 0 saturated heterocycles. The van der Waals surface area contributed by atoms with E-state index >= 15 is 0 Å². The summed E-state index contributed by atoms with van der Waals surface area (Å²) in [4.78, 5) is 11.9. The lowest BCUT2D eigenvalue weighted by Gasteiger charge is -2.20. The van der Waals surface area contributed by atoms with Gasteiger partial charge in [-0.25, -0.2) is 8.42 Å². The third-order valence-corrected chi connectivity index (χ3v) is 5.30. The van der Waals surface area contributed by atoms with Crippen molar-refractivity contribution in [2.24, 2.45) is 0 Å². The van der Waals surface area contributed by atoms with E-state index in [1.165, 1.54) is 19.1 Å². The Bertz CT molecular complexity index is 856. The summed E-state index contributed by atoms with van der Waals surface area (Å²) in [6, 6.07) is 12.2. The Morgan fingerprint density at radius 1 is 1.08 bits per heavy atom. The fourth-order valence-corrected chi connectivity index (χ4v) is 3.48. The maximum Gasteiger partial charge on any atom is 0.241 e. The average Bonchev–Trinajstić information content (AvgIpc) is 2.53. The highest BCUT2D eigenvalue weighted by atomic mass is 35.5. The first-order chi connectivity index (χ1) is 11.2. The van der Waals surface area contributed by atoms with Gasteiger partial charge in [0.2, 0.25) is 10.0 Å². The van der Waals surface area contributed by atoms with Gasteiger partial charge in [0.1, 0.15) is 0 Å². The number of ketones is 1. The molecular formula is C18H18ClNO3S. The number of benzene rings is 2. The Hall–Kier alpha value is -1.95. The summed E-state index contributed by atoms with van der Waals surface area (Å²) in [5.74, 6) is -0.290. The Balaban J connectivity index is 2.41. The minimum atomic E-state index is -3.81. The second-order valence-electron chi connectivity index (χ2n) is 5.50. The van der Waals surface area contributed by atoms with Crippen molar-refractivity contribution in [3.05, 3.63) is 76.8 Å². The van der Waals surface area contributed by atoms with Crippen LogP contribution >= 0.6 is 11.6 Å². The minimum absolute atomic E-state index is 0.128. The van der Waals surface area contributed by atoms with Gasteiger partial charge in [-0.05, 0) is 43.7 Å². The van der Waals surface area contributed by atoms with Crippen molar-refractivity contribution in [2.75, 3.05) is 0 Å². The van der Waals surface area contributed by atoms with E-state index in [1.807, 2.05) is 6.92 Å². The summed E-state index contributed by atoms with van der Waals surface area (Å²) in [5, 5.41) is 0.521. The normalized spacial score (nSPS) is 12.6.